The Morgan fingerprint density at radius 1 is 1.15 bits per heavy atom. The second-order valence-electron chi connectivity index (χ2n) is 6.20. The summed E-state index contributed by atoms with van der Waals surface area (Å²) in [4.78, 5) is 0. The van der Waals surface area contributed by atoms with E-state index in [0.717, 1.165) is 5.92 Å². The maximum atomic E-state index is 3.55. The zero-order valence-corrected chi connectivity index (χ0v) is 9.91. The Bertz CT molecular complexity index is 170. The van der Waals surface area contributed by atoms with Gasteiger partial charge in [-0.15, -0.1) is 0 Å². The molecule has 0 aromatic carbocycles. The molecular formula is C12H25N. The van der Waals surface area contributed by atoms with E-state index >= 15 is 0 Å². The van der Waals surface area contributed by atoms with Crippen molar-refractivity contribution in [2.24, 2.45) is 16.7 Å². The predicted octanol–water partition coefficient (Wildman–Crippen LogP) is 3.06. The summed E-state index contributed by atoms with van der Waals surface area (Å²) in [5.74, 6) is 0.833. The van der Waals surface area contributed by atoms with Crippen molar-refractivity contribution < 1.29 is 0 Å². The number of nitrogens with one attached hydrogen (secondary N) is 1. The van der Waals surface area contributed by atoms with Crippen LogP contribution in [0.25, 0.3) is 0 Å². The first-order valence-corrected chi connectivity index (χ1v) is 5.54. The normalized spacial score (nSPS) is 33.5. The summed E-state index contributed by atoms with van der Waals surface area (Å²) in [5, 5.41) is 3.55. The molecule has 1 saturated heterocycles. The SMILES string of the molecule is CC1CCNCC(C)(C)CC1(C)C. The Morgan fingerprint density at radius 3 is 2.38 bits per heavy atom. The molecule has 0 saturated carbocycles. The molecule has 1 rings (SSSR count). The fraction of sp³-hybridized carbons (Fsp3) is 1.00. The van der Waals surface area contributed by atoms with Crippen LogP contribution in [-0.4, -0.2) is 13.1 Å². The molecule has 13 heavy (non-hydrogen) atoms. The van der Waals surface area contributed by atoms with Crippen LogP contribution in [-0.2, 0) is 0 Å². The molecule has 1 atom stereocenters. The lowest BCUT2D eigenvalue weighted by Crippen LogP contribution is -2.40. The van der Waals surface area contributed by atoms with Gasteiger partial charge < -0.3 is 5.32 Å². The number of rotatable bonds is 0. The molecular weight excluding hydrogens is 158 g/mol. The third-order valence-electron chi connectivity index (χ3n) is 3.63. The van der Waals surface area contributed by atoms with Crippen LogP contribution in [0.1, 0.15) is 47.5 Å². The highest BCUT2D eigenvalue weighted by Gasteiger charge is 2.34. The van der Waals surface area contributed by atoms with Gasteiger partial charge in [-0.3, -0.25) is 0 Å². The maximum Gasteiger partial charge on any atom is 0.000272 e. The minimum Gasteiger partial charge on any atom is -0.316 e. The lowest BCUT2D eigenvalue weighted by Gasteiger charge is -2.41. The standard InChI is InChI=1S/C12H25N/c1-10-6-7-13-9-11(2,3)8-12(10,4)5/h10,13H,6-9H2,1-5H3. The lowest BCUT2D eigenvalue weighted by molar-refractivity contribution is 0.106. The molecule has 1 aliphatic rings. The minimum absolute atomic E-state index is 0.457. The van der Waals surface area contributed by atoms with E-state index in [-0.39, 0.29) is 0 Å². The summed E-state index contributed by atoms with van der Waals surface area (Å²) in [6.07, 6.45) is 2.65. The van der Waals surface area contributed by atoms with Crippen LogP contribution in [0.15, 0.2) is 0 Å². The molecule has 1 N–H and O–H groups in total. The summed E-state index contributed by atoms with van der Waals surface area (Å²) in [6, 6.07) is 0. The zero-order chi connectivity index (χ0) is 10.1. The van der Waals surface area contributed by atoms with E-state index in [2.05, 4.69) is 39.9 Å². The zero-order valence-electron chi connectivity index (χ0n) is 9.91. The minimum atomic E-state index is 0.457. The smallest absolute Gasteiger partial charge is 0.000272 e. The molecule has 0 aliphatic carbocycles. The Balaban J connectivity index is 2.70. The number of hydrogen-bond acceptors (Lipinski definition) is 1. The van der Waals surface area contributed by atoms with E-state index in [1.807, 2.05) is 0 Å². The van der Waals surface area contributed by atoms with Crippen LogP contribution in [0.2, 0.25) is 0 Å². The lowest BCUT2D eigenvalue weighted by atomic mass is 9.67. The molecule has 1 heterocycles. The fourth-order valence-electron chi connectivity index (χ4n) is 2.61. The second kappa shape index (κ2) is 3.61. The molecule has 0 amide bonds. The van der Waals surface area contributed by atoms with Crippen molar-refractivity contribution in [1.82, 2.24) is 5.32 Å². The third-order valence-corrected chi connectivity index (χ3v) is 3.63. The summed E-state index contributed by atoms with van der Waals surface area (Å²) in [7, 11) is 0. The molecule has 0 aromatic rings. The highest BCUT2D eigenvalue weighted by Crippen LogP contribution is 2.41. The third kappa shape index (κ3) is 2.98. The average molecular weight is 183 g/mol. The van der Waals surface area contributed by atoms with Crippen LogP contribution < -0.4 is 5.32 Å². The molecule has 1 unspecified atom stereocenters. The monoisotopic (exact) mass is 183 g/mol. The molecule has 0 bridgehead atoms. The Labute approximate surface area is 83.3 Å². The van der Waals surface area contributed by atoms with Crippen LogP contribution >= 0.6 is 0 Å². The van der Waals surface area contributed by atoms with Crippen molar-refractivity contribution in [3.63, 3.8) is 0 Å². The van der Waals surface area contributed by atoms with E-state index in [1.54, 1.807) is 0 Å². The number of hydrogen-bond donors (Lipinski definition) is 1. The van der Waals surface area contributed by atoms with Gasteiger partial charge >= 0.3 is 0 Å². The molecule has 0 spiro atoms. The maximum absolute atomic E-state index is 3.55. The first-order chi connectivity index (χ1) is 5.83. The van der Waals surface area contributed by atoms with Gasteiger partial charge in [0.25, 0.3) is 0 Å². The van der Waals surface area contributed by atoms with Crippen molar-refractivity contribution in [3.05, 3.63) is 0 Å². The van der Waals surface area contributed by atoms with E-state index < -0.39 is 0 Å². The quantitative estimate of drug-likeness (QED) is 0.608. The van der Waals surface area contributed by atoms with Gasteiger partial charge in [0.2, 0.25) is 0 Å². The van der Waals surface area contributed by atoms with Gasteiger partial charge in [0.15, 0.2) is 0 Å². The van der Waals surface area contributed by atoms with Crippen LogP contribution in [0, 0.1) is 16.7 Å². The summed E-state index contributed by atoms with van der Waals surface area (Å²) >= 11 is 0. The van der Waals surface area contributed by atoms with Gasteiger partial charge in [0.05, 0.1) is 0 Å². The summed E-state index contributed by atoms with van der Waals surface area (Å²) in [6.45, 7) is 14.3. The van der Waals surface area contributed by atoms with Crippen molar-refractivity contribution in [2.45, 2.75) is 47.5 Å². The van der Waals surface area contributed by atoms with Crippen molar-refractivity contribution in [2.75, 3.05) is 13.1 Å². The van der Waals surface area contributed by atoms with Gasteiger partial charge in [0.1, 0.15) is 0 Å². The highest BCUT2D eigenvalue weighted by atomic mass is 14.9. The van der Waals surface area contributed by atoms with Crippen molar-refractivity contribution in [3.8, 4) is 0 Å². The fourth-order valence-corrected chi connectivity index (χ4v) is 2.61. The molecule has 78 valence electrons. The molecule has 1 aliphatic heterocycles. The Kier molecular flexibility index (Phi) is 3.06. The van der Waals surface area contributed by atoms with Crippen LogP contribution in [0.4, 0.5) is 0 Å². The average Bonchev–Trinajstić information content (AvgIpc) is 1.94. The Hall–Kier alpha value is -0.0400. The predicted molar refractivity (Wildman–Crippen MR) is 58.8 cm³/mol. The van der Waals surface area contributed by atoms with Gasteiger partial charge in [-0.05, 0) is 36.1 Å². The van der Waals surface area contributed by atoms with Gasteiger partial charge in [-0.25, -0.2) is 0 Å². The topological polar surface area (TPSA) is 12.0 Å². The summed E-state index contributed by atoms with van der Waals surface area (Å²) < 4.78 is 0. The van der Waals surface area contributed by atoms with Gasteiger partial charge in [-0.1, -0.05) is 34.6 Å². The van der Waals surface area contributed by atoms with Gasteiger partial charge in [0, 0.05) is 6.54 Å². The second-order valence-corrected chi connectivity index (χ2v) is 6.20. The van der Waals surface area contributed by atoms with E-state index in [9.17, 15) is 0 Å². The van der Waals surface area contributed by atoms with Crippen LogP contribution in [0.3, 0.4) is 0 Å². The van der Waals surface area contributed by atoms with E-state index in [4.69, 9.17) is 0 Å². The first kappa shape index (κ1) is 11.0. The van der Waals surface area contributed by atoms with Gasteiger partial charge in [-0.2, -0.15) is 0 Å². The Morgan fingerprint density at radius 2 is 1.77 bits per heavy atom. The van der Waals surface area contributed by atoms with Crippen molar-refractivity contribution in [1.29, 1.82) is 0 Å². The van der Waals surface area contributed by atoms with Crippen LogP contribution in [0.5, 0.6) is 0 Å². The molecule has 0 aromatic heterocycles. The first-order valence-electron chi connectivity index (χ1n) is 5.54. The molecule has 1 fully saturated rings. The molecule has 0 radical (unpaired) electrons. The van der Waals surface area contributed by atoms with Crippen molar-refractivity contribution >= 4 is 0 Å². The molecule has 1 heteroatoms. The summed E-state index contributed by atoms with van der Waals surface area (Å²) in [5.41, 5.74) is 0.962. The van der Waals surface area contributed by atoms with E-state index in [1.165, 1.54) is 25.9 Å². The van der Waals surface area contributed by atoms with E-state index in [0.29, 0.717) is 10.8 Å². The largest absolute Gasteiger partial charge is 0.316 e. The molecule has 1 nitrogen and oxygen atoms in total. The highest BCUT2D eigenvalue weighted by molar-refractivity contribution is 4.86.